The van der Waals surface area contributed by atoms with E-state index in [2.05, 4.69) is 10.1 Å². The summed E-state index contributed by atoms with van der Waals surface area (Å²) < 4.78 is 6.77. The summed E-state index contributed by atoms with van der Waals surface area (Å²) in [6.45, 7) is 5.78. The molecule has 0 aliphatic heterocycles. The first-order valence-electron chi connectivity index (χ1n) is 6.34. The van der Waals surface area contributed by atoms with E-state index in [1.54, 1.807) is 17.8 Å². The molecule has 2 heterocycles. The third kappa shape index (κ3) is 2.96. The zero-order valence-electron chi connectivity index (χ0n) is 11.9. The maximum Gasteiger partial charge on any atom is 0.328 e. The van der Waals surface area contributed by atoms with Crippen molar-refractivity contribution in [2.75, 3.05) is 5.73 Å². The van der Waals surface area contributed by atoms with E-state index in [-0.39, 0.29) is 19.1 Å². The molecule has 0 amide bonds. The predicted molar refractivity (Wildman–Crippen MR) is 74.9 cm³/mol. The number of hydrogen-bond donors (Lipinski definition) is 1. The van der Waals surface area contributed by atoms with Crippen LogP contribution >= 0.6 is 0 Å². The fraction of sp³-hybridized carbons (Fsp3) is 0.357. The lowest BCUT2D eigenvalue weighted by atomic mass is 10.2. The van der Waals surface area contributed by atoms with E-state index in [0.29, 0.717) is 5.69 Å². The molecule has 0 unspecified atom stereocenters. The van der Waals surface area contributed by atoms with E-state index < -0.39 is 0 Å². The van der Waals surface area contributed by atoms with Gasteiger partial charge in [0.15, 0.2) is 0 Å². The van der Waals surface area contributed by atoms with E-state index >= 15 is 0 Å². The predicted octanol–water partition coefficient (Wildman–Crippen LogP) is 1.53. The van der Waals surface area contributed by atoms with Gasteiger partial charge in [-0.15, -0.1) is 0 Å². The highest BCUT2D eigenvalue weighted by Crippen LogP contribution is 2.14. The Balaban J connectivity index is 1.96. The van der Waals surface area contributed by atoms with Gasteiger partial charge in [-0.2, -0.15) is 5.10 Å². The summed E-state index contributed by atoms with van der Waals surface area (Å²) >= 11 is 0. The summed E-state index contributed by atoms with van der Waals surface area (Å²) in [6.07, 6.45) is 1.68. The van der Waals surface area contributed by atoms with Crippen LogP contribution in [0, 0.1) is 20.8 Å². The molecular weight excluding hydrogens is 256 g/mol. The largest absolute Gasteiger partial charge is 0.458 e. The highest BCUT2D eigenvalue weighted by molar-refractivity contribution is 5.69. The number of ether oxygens (including phenoxy) is 1. The van der Waals surface area contributed by atoms with Gasteiger partial charge in [-0.3, -0.25) is 14.5 Å². The summed E-state index contributed by atoms with van der Waals surface area (Å²) in [6, 6.07) is 3.77. The molecule has 2 rings (SSSR count). The van der Waals surface area contributed by atoms with Crippen LogP contribution in [0.25, 0.3) is 0 Å². The van der Waals surface area contributed by atoms with Gasteiger partial charge in [-0.05, 0) is 32.4 Å². The number of nitrogens with two attached hydrogens (primary N) is 1. The molecule has 0 aromatic carbocycles. The number of carbonyl (C=O) groups is 1. The molecule has 0 saturated heterocycles. The average molecular weight is 274 g/mol. The molecule has 0 radical (unpaired) electrons. The highest BCUT2D eigenvalue weighted by atomic mass is 16.5. The third-order valence-electron chi connectivity index (χ3n) is 3.20. The third-order valence-corrected chi connectivity index (χ3v) is 3.20. The quantitative estimate of drug-likeness (QED) is 0.855. The van der Waals surface area contributed by atoms with Crippen molar-refractivity contribution in [3.63, 3.8) is 0 Å². The molecule has 0 aliphatic rings. The Morgan fingerprint density at radius 3 is 2.75 bits per heavy atom. The number of aryl methyl sites for hydroxylation is 2. The van der Waals surface area contributed by atoms with Crippen LogP contribution in [0.1, 0.15) is 22.6 Å². The number of nitrogen functional groups attached to an aromatic ring is 1. The molecule has 2 aromatic rings. The zero-order chi connectivity index (χ0) is 14.7. The Hall–Kier alpha value is -2.37. The molecule has 2 N–H and O–H groups in total. The normalized spacial score (nSPS) is 10.6. The van der Waals surface area contributed by atoms with Crippen LogP contribution in [0.3, 0.4) is 0 Å². The minimum atomic E-state index is -0.361. The van der Waals surface area contributed by atoms with Crippen molar-refractivity contribution in [2.45, 2.75) is 33.9 Å². The van der Waals surface area contributed by atoms with Crippen molar-refractivity contribution in [2.24, 2.45) is 0 Å². The number of hydrogen-bond acceptors (Lipinski definition) is 5. The van der Waals surface area contributed by atoms with E-state index in [1.165, 1.54) is 0 Å². The molecule has 0 aliphatic carbocycles. The molecule has 2 aromatic heterocycles. The van der Waals surface area contributed by atoms with Crippen LogP contribution in [0.15, 0.2) is 18.3 Å². The first kappa shape index (κ1) is 14.0. The summed E-state index contributed by atoms with van der Waals surface area (Å²) in [4.78, 5) is 16.0. The van der Waals surface area contributed by atoms with Gasteiger partial charge in [0.05, 0.1) is 22.8 Å². The minimum Gasteiger partial charge on any atom is -0.458 e. The van der Waals surface area contributed by atoms with Crippen molar-refractivity contribution < 1.29 is 9.53 Å². The summed E-state index contributed by atoms with van der Waals surface area (Å²) in [7, 11) is 0. The first-order chi connectivity index (χ1) is 9.49. The second-order valence-corrected chi connectivity index (χ2v) is 4.67. The van der Waals surface area contributed by atoms with Gasteiger partial charge < -0.3 is 10.5 Å². The molecule has 106 valence electrons. The second kappa shape index (κ2) is 5.73. The second-order valence-electron chi connectivity index (χ2n) is 4.67. The van der Waals surface area contributed by atoms with Crippen molar-refractivity contribution in [3.8, 4) is 0 Å². The number of esters is 1. The van der Waals surface area contributed by atoms with Gasteiger partial charge in [0.1, 0.15) is 13.2 Å². The molecular formula is C14H18N4O2. The fourth-order valence-electron chi connectivity index (χ4n) is 1.85. The first-order valence-corrected chi connectivity index (χ1v) is 6.34. The van der Waals surface area contributed by atoms with Crippen LogP contribution in [-0.4, -0.2) is 20.7 Å². The van der Waals surface area contributed by atoms with Gasteiger partial charge in [-0.1, -0.05) is 6.07 Å². The standard InChI is InChI=1S/C14H18N4O2/c1-9-5-4-6-16-12(9)8-20-13(19)7-18-11(3)14(15)10(2)17-18/h4-6H,7-8,15H2,1-3H3. The number of aromatic nitrogens is 3. The van der Waals surface area contributed by atoms with Crippen molar-refractivity contribution >= 4 is 11.7 Å². The van der Waals surface area contributed by atoms with Crippen LogP contribution in [0.4, 0.5) is 5.69 Å². The lowest BCUT2D eigenvalue weighted by Gasteiger charge is -2.07. The number of nitrogens with zero attached hydrogens (tertiary/aromatic N) is 3. The van der Waals surface area contributed by atoms with E-state index in [4.69, 9.17) is 10.5 Å². The Morgan fingerprint density at radius 1 is 1.40 bits per heavy atom. The van der Waals surface area contributed by atoms with E-state index in [0.717, 1.165) is 22.6 Å². The molecule has 0 spiro atoms. The maximum absolute atomic E-state index is 11.8. The number of carbonyl (C=O) groups excluding carboxylic acids is 1. The number of pyridine rings is 1. The highest BCUT2D eigenvalue weighted by Gasteiger charge is 2.12. The zero-order valence-corrected chi connectivity index (χ0v) is 11.9. The van der Waals surface area contributed by atoms with E-state index in [9.17, 15) is 4.79 Å². The average Bonchev–Trinajstić information content (AvgIpc) is 2.65. The molecule has 0 atom stereocenters. The molecule has 0 bridgehead atoms. The Labute approximate surface area is 117 Å². The lowest BCUT2D eigenvalue weighted by Crippen LogP contribution is -2.16. The SMILES string of the molecule is Cc1cccnc1COC(=O)Cn1nc(C)c(N)c1C. The van der Waals surface area contributed by atoms with Gasteiger partial charge in [0.25, 0.3) is 0 Å². The van der Waals surface area contributed by atoms with Crippen LogP contribution < -0.4 is 5.73 Å². The molecule has 6 heteroatoms. The minimum absolute atomic E-state index is 0.0513. The van der Waals surface area contributed by atoms with Crippen molar-refractivity contribution in [3.05, 3.63) is 41.0 Å². The topological polar surface area (TPSA) is 83.0 Å². The van der Waals surface area contributed by atoms with Crippen LogP contribution in [0.5, 0.6) is 0 Å². The van der Waals surface area contributed by atoms with Gasteiger partial charge in [-0.25, -0.2) is 0 Å². The van der Waals surface area contributed by atoms with Crippen LogP contribution in [-0.2, 0) is 22.7 Å². The number of anilines is 1. The molecule has 0 fully saturated rings. The van der Waals surface area contributed by atoms with E-state index in [1.807, 2.05) is 26.0 Å². The van der Waals surface area contributed by atoms with Gasteiger partial charge >= 0.3 is 5.97 Å². The van der Waals surface area contributed by atoms with Gasteiger partial charge in [0, 0.05) is 6.20 Å². The van der Waals surface area contributed by atoms with Crippen molar-refractivity contribution in [1.29, 1.82) is 0 Å². The summed E-state index contributed by atoms with van der Waals surface area (Å²) in [5.74, 6) is -0.361. The molecule has 20 heavy (non-hydrogen) atoms. The Kier molecular flexibility index (Phi) is 4.02. The fourth-order valence-corrected chi connectivity index (χ4v) is 1.85. The maximum atomic E-state index is 11.8. The lowest BCUT2D eigenvalue weighted by molar-refractivity contribution is -0.146. The van der Waals surface area contributed by atoms with Crippen LogP contribution in [0.2, 0.25) is 0 Å². The molecule has 6 nitrogen and oxygen atoms in total. The van der Waals surface area contributed by atoms with Gasteiger partial charge in [0.2, 0.25) is 0 Å². The summed E-state index contributed by atoms with van der Waals surface area (Å²) in [5.41, 5.74) is 9.67. The Bertz CT molecular complexity index is 634. The number of rotatable bonds is 4. The van der Waals surface area contributed by atoms with Crippen molar-refractivity contribution in [1.82, 2.24) is 14.8 Å². The summed E-state index contributed by atoms with van der Waals surface area (Å²) in [5, 5.41) is 4.20. The molecule has 0 saturated carbocycles. The Morgan fingerprint density at radius 2 is 2.15 bits per heavy atom. The smallest absolute Gasteiger partial charge is 0.328 e. The monoisotopic (exact) mass is 274 g/mol.